The Labute approximate surface area is 132 Å². The fourth-order valence-electron chi connectivity index (χ4n) is 3.71. The fraction of sp³-hybridized carbons (Fsp3) is 1.00. The first kappa shape index (κ1) is 19.0. The second-order valence-corrected chi connectivity index (χ2v) is 10.3. The van der Waals surface area contributed by atoms with Crippen LogP contribution in [0.4, 0.5) is 0 Å². The minimum Gasteiger partial charge on any atom is -0.319 e. The molecule has 1 aliphatic rings. The normalized spacial score (nSPS) is 27.8. The topological polar surface area (TPSA) is 46.2 Å². The molecule has 1 saturated carbocycles. The molecule has 4 heteroatoms. The average molecular weight is 318 g/mol. The highest BCUT2D eigenvalue weighted by atomic mass is 32.2. The second-order valence-electron chi connectivity index (χ2n) is 7.83. The molecule has 3 unspecified atom stereocenters. The highest BCUT2D eigenvalue weighted by molar-refractivity contribution is 7.91. The summed E-state index contributed by atoms with van der Waals surface area (Å²) in [5.41, 5.74) is 0.373. The Kier molecular flexibility index (Phi) is 7.18. The van der Waals surface area contributed by atoms with Gasteiger partial charge in [0.15, 0.2) is 0 Å². The second kappa shape index (κ2) is 7.96. The van der Waals surface area contributed by atoms with Crippen LogP contribution in [0.2, 0.25) is 0 Å². The third-order valence-corrected chi connectivity index (χ3v) is 7.09. The Balaban J connectivity index is 2.59. The predicted octanol–water partition coefficient (Wildman–Crippen LogP) is 3.50. The fourth-order valence-corrected chi connectivity index (χ4v) is 4.60. The summed E-state index contributed by atoms with van der Waals surface area (Å²) in [6, 6.07) is 0. The molecule has 3 nitrogen and oxygen atoms in total. The van der Waals surface area contributed by atoms with Gasteiger partial charge < -0.3 is 5.32 Å². The first-order chi connectivity index (χ1) is 9.69. The van der Waals surface area contributed by atoms with Crippen molar-refractivity contribution in [2.75, 3.05) is 25.1 Å². The first-order valence-corrected chi connectivity index (χ1v) is 10.4. The Morgan fingerprint density at radius 1 is 1.14 bits per heavy atom. The summed E-state index contributed by atoms with van der Waals surface area (Å²) >= 11 is 0. The SMILES string of the molecule is CCS(=O)(=O)CCCC1CC(C(C)(C)C)CCC1CNC. The van der Waals surface area contributed by atoms with Gasteiger partial charge in [0.25, 0.3) is 0 Å². The van der Waals surface area contributed by atoms with Gasteiger partial charge in [-0.3, -0.25) is 0 Å². The molecule has 0 amide bonds. The van der Waals surface area contributed by atoms with Crippen molar-refractivity contribution in [1.29, 1.82) is 0 Å². The number of nitrogens with one attached hydrogen (secondary N) is 1. The van der Waals surface area contributed by atoms with E-state index in [1.54, 1.807) is 6.92 Å². The highest BCUT2D eigenvalue weighted by Gasteiger charge is 2.35. The summed E-state index contributed by atoms with van der Waals surface area (Å²) in [4.78, 5) is 0. The van der Waals surface area contributed by atoms with E-state index in [2.05, 4.69) is 26.1 Å². The number of hydrogen-bond acceptors (Lipinski definition) is 3. The quantitative estimate of drug-likeness (QED) is 0.781. The lowest BCUT2D eigenvalue weighted by Crippen LogP contribution is -2.36. The maximum absolute atomic E-state index is 11.7. The molecular formula is C17H35NO2S. The van der Waals surface area contributed by atoms with Gasteiger partial charge in [-0.2, -0.15) is 0 Å². The van der Waals surface area contributed by atoms with Crippen LogP contribution in [0.5, 0.6) is 0 Å². The van der Waals surface area contributed by atoms with Gasteiger partial charge in [0, 0.05) is 5.75 Å². The number of rotatable bonds is 7. The zero-order valence-electron chi connectivity index (χ0n) is 14.6. The van der Waals surface area contributed by atoms with Crippen LogP contribution in [0.3, 0.4) is 0 Å². The van der Waals surface area contributed by atoms with Gasteiger partial charge in [0.1, 0.15) is 9.84 Å². The molecule has 1 N–H and O–H groups in total. The van der Waals surface area contributed by atoms with Crippen LogP contribution >= 0.6 is 0 Å². The van der Waals surface area contributed by atoms with E-state index in [1.165, 1.54) is 19.3 Å². The van der Waals surface area contributed by atoms with Gasteiger partial charge in [0.2, 0.25) is 0 Å². The lowest BCUT2D eigenvalue weighted by Gasteiger charge is -2.42. The van der Waals surface area contributed by atoms with Gasteiger partial charge in [0.05, 0.1) is 5.75 Å². The molecule has 21 heavy (non-hydrogen) atoms. The van der Waals surface area contributed by atoms with Crippen molar-refractivity contribution in [1.82, 2.24) is 5.32 Å². The Morgan fingerprint density at radius 2 is 1.81 bits per heavy atom. The van der Waals surface area contributed by atoms with E-state index in [0.717, 1.165) is 31.2 Å². The Bertz CT molecular complexity index is 398. The molecule has 0 bridgehead atoms. The molecule has 0 aromatic rings. The van der Waals surface area contributed by atoms with Gasteiger partial charge >= 0.3 is 0 Å². The van der Waals surface area contributed by atoms with Gasteiger partial charge in [-0.15, -0.1) is 0 Å². The molecule has 3 atom stereocenters. The molecule has 0 aromatic carbocycles. The summed E-state index contributed by atoms with van der Waals surface area (Å²) in [5.74, 6) is 2.83. The molecule has 0 spiro atoms. The van der Waals surface area contributed by atoms with Gasteiger partial charge in [-0.1, -0.05) is 27.7 Å². The van der Waals surface area contributed by atoms with Crippen LogP contribution in [-0.2, 0) is 9.84 Å². The van der Waals surface area contributed by atoms with Crippen molar-refractivity contribution >= 4 is 9.84 Å². The van der Waals surface area contributed by atoms with Crippen molar-refractivity contribution in [2.24, 2.45) is 23.2 Å². The molecule has 0 heterocycles. The molecule has 0 radical (unpaired) electrons. The zero-order valence-corrected chi connectivity index (χ0v) is 15.4. The first-order valence-electron chi connectivity index (χ1n) is 8.54. The smallest absolute Gasteiger partial charge is 0.150 e. The lowest BCUT2D eigenvalue weighted by molar-refractivity contribution is 0.0931. The van der Waals surface area contributed by atoms with Gasteiger partial charge in [-0.05, 0) is 68.9 Å². The van der Waals surface area contributed by atoms with E-state index >= 15 is 0 Å². The van der Waals surface area contributed by atoms with Crippen LogP contribution in [0.1, 0.15) is 59.8 Å². The van der Waals surface area contributed by atoms with Gasteiger partial charge in [-0.25, -0.2) is 8.42 Å². The highest BCUT2D eigenvalue weighted by Crippen LogP contribution is 2.44. The molecule has 1 aliphatic carbocycles. The van der Waals surface area contributed by atoms with Crippen molar-refractivity contribution in [3.63, 3.8) is 0 Å². The van der Waals surface area contributed by atoms with Crippen molar-refractivity contribution in [3.8, 4) is 0 Å². The van der Waals surface area contributed by atoms with Crippen LogP contribution in [0.25, 0.3) is 0 Å². The number of sulfone groups is 1. The molecule has 0 saturated heterocycles. The molecule has 126 valence electrons. The van der Waals surface area contributed by atoms with E-state index in [0.29, 0.717) is 17.1 Å². The van der Waals surface area contributed by atoms with Crippen molar-refractivity contribution in [3.05, 3.63) is 0 Å². The summed E-state index contributed by atoms with van der Waals surface area (Å²) in [6.45, 7) is 9.84. The Morgan fingerprint density at radius 3 is 2.33 bits per heavy atom. The molecule has 0 aromatic heterocycles. The molecular weight excluding hydrogens is 282 g/mol. The van der Waals surface area contributed by atoms with Crippen LogP contribution < -0.4 is 5.32 Å². The maximum atomic E-state index is 11.7. The zero-order chi connectivity index (χ0) is 16.1. The Hall–Kier alpha value is -0.0900. The number of hydrogen-bond donors (Lipinski definition) is 1. The van der Waals surface area contributed by atoms with Crippen LogP contribution in [0.15, 0.2) is 0 Å². The third kappa shape index (κ3) is 6.27. The van der Waals surface area contributed by atoms with Crippen molar-refractivity contribution in [2.45, 2.75) is 59.8 Å². The summed E-state index contributed by atoms with van der Waals surface area (Å²) in [6.07, 6.45) is 5.77. The van der Waals surface area contributed by atoms with Crippen LogP contribution in [-0.4, -0.2) is 33.5 Å². The lowest BCUT2D eigenvalue weighted by atomic mass is 9.64. The van der Waals surface area contributed by atoms with E-state index in [-0.39, 0.29) is 5.75 Å². The average Bonchev–Trinajstić information content (AvgIpc) is 2.39. The summed E-state index contributed by atoms with van der Waals surface area (Å²) in [7, 11) is -0.785. The summed E-state index contributed by atoms with van der Waals surface area (Å²) in [5, 5.41) is 3.32. The van der Waals surface area contributed by atoms with E-state index < -0.39 is 9.84 Å². The van der Waals surface area contributed by atoms with E-state index in [9.17, 15) is 8.42 Å². The standard InChI is InChI=1S/C17H35NO2S/c1-6-21(19,20)11-7-8-14-12-16(17(2,3)4)10-9-15(14)13-18-5/h14-16,18H,6-13H2,1-5H3. The minimum absolute atomic E-state index is 0.280. The molecule has 1 fully saturated rings. The van der Waals surface area contributed by atoms with E-state index in [1.807, 2.05) is 7.05 Å². The monoisotopic (exact) mass is 317 g/mol. The van der Waals surface area contributed by atoms with Crippen LogP contribution in [0, 0.1) is 23.2 Å². The third-order valence-electron chi connectivity index (χ3n) is 5.30. The summed E-state index contributed by atoms with van der Waals surface area (Å²) < 4.78 is 23.3. The predicted molar refractivity (Wildman–Crippen MR) is 91.3 cm³/mol. The minimum atomic E-state index is -2.81. The maximum Gasteiger partial charge on any atom is 0.150 e. The van der Waals surface area contributed by atoms with E-state index in [4.69, 9.17) is 0 Å². The largest absolute Gasteiger partial charge is 0.319 e. The molecule has 1 rings (SSSR count). The van der Waals surface area contributed by atoms with Crippen molar-refractivity contribution < 1.29 is 8.42 Å². The molecule has 0 aliphatic heterocycles.